The van der Waals surface area contributed by atoms with Crippen molar-refractivity contribution in [2.45, 2.75) is 51.0 Å². The van der Waals surface area contributed by atoms with Crippen molar-refractivity contribution >= 4 is 10.8 Å². The molecule has 1 unspecified atom stereocenters. The summed E-state index contributed by atoms with van der Waals surface area (Å²) in [5.74, 6) is 0.905. The van der Waals surface area contributed by atoms with E-state index in [1.807, 2.05) is 12.4 Å². The molecular weight excluding hydrogens is 244 g/mol. The number of rotatable bonds is 4. The van der Waals surface area contributed by atoms with E-state index in [1.165, 1.54) is 54.9 Å². The van der Waals surface area contributed by atoms with Crippen LogP contribution in [-0.2, 0) is 0 Å². The highest BCUT2D eigenvalue weighted by molar-refractivity contribution is 5.85. The van der Waals surface area contributed by atoms with E-state index in [9.17, 15) is 0 Å². The van der Waals surface area contributed by atoms with Gasteiger partial charge in [-0.1, -0.05) is 50.3 Å². The standard InChI is InChI=1S/C18H24N2/c19-18(10-9-14-5-2-1-3-6-14)16-8-4-7-15-11-12-20-13-17(15)16/h4,7-8,11-14,18H,1-3,5-6,9-10,19H2. The number of hydrogen-bond acceptors (Lipinski definition) is 2. The van der Waals surface area contributed by atoms with Crippen LogP contribution in [0.5, 0.6) is 0 Å². The van der Waals surface area contributed by atoms with E-state index in [-0.39, 0.29) is 6.04 Å². The summed E-state index contributed by atoms with van der Waals surface area (Å²) >= 11 is 0. The van der Waals surface area contributed by atoms with Gasteiger partial charge in [-0.15, -0.1) is 0 Å². The second-order valence-corrected chi connectivity index (χ2v) is 6.13. The Bertz CT molecular complexity index is 553. The molecule has 1 aliphatic rings. The first-order valence-electron chi connectivity index (χ1n) is 7.93. The molecule has 0 amide bonds. The van der Waals surface area contributed by atoms with Crippen molar-refractivity contribution in [2.75, 3.05) is 0 Å². The van der Waals surface area contributed by atoms with E-state index in [2.05, 4.69) is 29.2 Å². The van der Waals surface area contributed by atoms with E-state index in [1.54, 1.807) is 0 Å². The van der Waals surface area contributed by atoms with Crippen LogP contribution < -0.4 is 5.73 Å². The second-order valence-electron chi connectivity index (χ2n) is 6.13. The summed E-state index contributed by atoms with van der Waals surface area (Å²) in [6, 6.07) is 8.61. The summed E-state index contributed by atoms with van der Waals surface area (Å²) in [6.45, 7) is 0. The van der Waals surface area contributed by atoms with E-state index >= 15 is 0 Å². The monoisotopic (exact) mass is 268 g/mol. The highest BCUT2D eigenvalue weighted by Crippen LogP contribution is 2.31. The van der Waals surface area contributed by atoms with E-state index < -0.39 is 0 Å². The Hall–Kier alpha value is -1.41. The Morgan fingerprint density at radius 3 is 2.85 bits per heavy atom. The number of pyridine rings is 1. The zero-order valence-electron chi connectivity index (χ0n) is 12.1. The highest BCUT2D eigenvalue weighted by Gasteiger charge is 2.16. The van der Waals surface area contributed by atoms with Gasteiger partial charge in [0.25, 0.3) is 0 Å². The Balaban J connectivity index is 1.70. The van der Waals surface area contributed by atoms with Gasteiger partial charge >= 0.3 is 0 Å². The van der Waals surface area contributed by atoms with Crippen molar-refractivity contribution in [3.63, 3.8) is 0 Å². The quantitative estimate of drug-likeness (QED) is 0.880. The molecule has 2 aromatic rings. The molecule has 2 nitrogen and oxygen atoms in total. The first-order chi connectivity index (χ1) is 9.84. The number of hydrogen-bond donors (Lipinski definition) is 1. The maximum absolute atomic E-state index is 6.45. The van der Waals surface area contributed by atoms with Crippen LogP contribution in [0.4, 0.5) is 0 Å². The third kappa shape index (κ3) is 3.01. The van der Waals surface area contributed by atoms with Crippen LogP contribution in [0.1, 0.15) is 56.6 Å². The third-order valence-corrected chi connectivity index (χ3v) is 4.73. The Morgan fingerprint density at radius 1 is 1.15 bits per heavy atom. The van der Waals surface area contributed by atoms with Gasteiger partial charge in [-0.25, -0.2) is 0 Å². The van der Waals surface area contributed by atoms with E-state index in [0.29, 0.717) is 0 Å². The average Bonchev–Trinajstić information content (AvgIpc) is 2.53. The minimum absolute atomic E-state index is 0.143. The van der Waals surface area contributed by atoms with Crippen molar-refractivity contribution in [3.05, 3.63) is 42.2 Å². The molecule has 1 aliphatic carbocycles. The third-order valence-electron chi connectivity index (χ3n) is 4.73. The maximum Gasteiger partial charge on any atom is 0.0349 e. The molecule has 0 spiro atoms. The lowest BCUT2D eigenvalue weighted by molar-refractivity contribution is 0.324. The van der Waals surface area contributed by atoms with Gasteiger partial charge in [0.15, 0.2) is 0 Å². The molecule has 0 bridgehead atoms. The molecule has 1 fully saturated rings. The van der Waals surface area contributed by atoms with Crippen molar-refractivity contribution in [1.29, 1.82) is 0 Å². The zero-order chi connectivity index (χ0) is 13.8. The van der Waals surface area contributed by atoms with Crippen LogP contribution in [0.15, 0.2) is 36.7 Å². The predicted molar refractivity (Wildman–Crippen MR) is 84.5 cm³/mol. The fourth-order valence-corrected chi connectivity index (χ4v) is 3.51. The Labute approximate surface area is 121 Å². The normalized spacial score (nSPS) is 18.2. The van der Waals surface area contributed by atoms with Crippen LogP contribution in [0, 0.1) is 5.92 Å². The van der Waals surface area contributed by atoms with E-state index in [4.69, 9.17) is 5.73 Å². The number of nitrogens with zero attached hydrogens (tertiary/aromatic N) is 1. The molecule has 106 valence electrons. The van der Waals surface area contributed by atoms with Crippen molar-refractivity contribution in [2.24, 2.45) is 11.7 Å². The lowest BCUT2D eigenvalue weighted by atomic mass is 9.84. The molecule has 0 aliphatic heterocycles. The van der Waals surface area contributed by atoms with Crippen LogP contribution in [0.3, 0.4) is 0 Å². The minimum atomic E-state index is 0.143. The van der Waals surface area contributed by atoms with Crippen LogP contribution >= 0.6 is 0 Å². The summed E-state index contributed by atoms with van der Waals surface area (Å²) < 4.78 is 0. The predicted octanol–water partition coefficient (Wildman–Crippen LogP) is 4.60. The molecule has 1 heterocycles. The lowest BCUT2D eigenvalue weighted by Gasteiger charge is -2.23. The van der Waals surface area contributed by atoms with Crippen molar-refractivity contribution < 1.29 is 0 Å². The van der Waals surface area contributed by atoms with Gasteiger partial charge in [-0.3, -0.25) is 4.98 Å². The number of fused-ring (bicyclic) bond motifs is 1. The van der Waals surface area contributed by atoms with Gasteiger partial charge in [-0.05, 0) is 35.8 Å². The summed E-state index contributed by atoms with van der Waals surface area (Å²) in [5, 5.41) is 2.46. The first kappa shape index (κ1) is 13.6. The molecular formula is C18H24N2. The summed E-state index contributed by atoms with van der Waals surface area (Å²) in [5.41, 5.74) is 7.71. The Kier molecular flexibility index (Phi) is 4.31. The largest absolute Gasteiger partial charge is 0.324 e. The molecule has 1 atom stereocenters. The van der Waals surface area contributed by atoms with Gasteiger partial charge < -0.3 is 5.73 Å². The first-order valence-corrected chi connectivity index (χ1v) is 7.93. The molecule has 1 aromatic heterocycles. The molecule has 0 radical (unpaired) electrons. The maximum atomic E-state index is 6.45. The molecule has 20 heavy (non-hydrogen) atoms. The average molecular weight is 268 g/mol. The van der Waals surface area contributed by atoms with Gasteiger partial charge in [0.1, 0.15) is 0 Å². The fourth-order valence-electron chi connectivity index (χ4n) is 3.51. The van der Waals surface area contributed by atoms with Gasteiger partial charge in [0, 0.05) is 23.8 Å². The molecule has 1 saturated carbocycles. The molecule has 2 N–H and O–H groups in total. The molecule has 0 saturated heterocycles. The van der Waals surface area contributed by atoms with Gasteiger partial charge in [0.2, 0.25) is 0 Å². The number of nitrogens with two attached hydrogens (primary N) is 1. The highest BCUT2D eigenvalue weighted by atomic mass is 14.6. The summed E-state index contributed by atoms with van der Waals surface area (Å²) in [7, 11) is 0. The number of aromatic nitrogens is 1. The molecule has 2 heteroatoms. The Morgan fingerprint density at radius 2 is 2.00 bits per heavy atom. The fraction of sp³-hybridized carbons (Fsp3) is 0.500. The number of benzene rings is 1. The molecule has 1 aromatic carbocycles. The zero-order valence-corrected chi connectivity index (χ0v) is 12.1. The van der Waals surface area contributed by atoms with Crippen LogP contribution in [0.2, 0.25) is 0 Å². The summed E-state index contributed by atoms with van der Waals surface area (Å²) in [6.07, 6.45) is 13.2. The van der Waals surface area contributed by atoms with Gasteiger partial charge in [0.05, 0.1) is 0 Å². The summed E-state index contributed by atoms with van der Waals surface area (Å²) in [4.78, 5) is 4.25. The van der Waals surface area contributed by atoms with Crippen LogP contribution in [-0.4, -0.2) is 4.98 Å². The van der Waals surface area contributed by atoms with E-state index in [0.717, 1.165) is 12.3 Å². The molecule has 3 rings (SSSR count). The minimum Gasteiger partial charge on any atom is -0.324 e. The second kappa shape index (κ2) is 6.36. The SMILES string of the molecule is NC(CCC1CCCCC1)c1cccc2ccncc12. The van der Waals surface area contributed by atoms with Crippen LogP contribution in [0.25, 0.3) is 10.8 Å². The topological polar surface area (TPSA) is 38.9 Å². The van der Waals surface area contributed by atoms with Crippen molar-refractivity contribution in [1.82, 2.24) is 4.98 Å². The lowest BCUT2D eigenvalue weighted by Crippen LogP contribution is -2.14. The van der Waals surface area contributed by atoms with Gasteiger partial charge in [-0.2, -0.15) is 0 Å². The van der Waals surface area contributed by atoms with Crippen molar-refractivity contribution in [3.8, 4) is 0 Å². The smallest absolute Gasteiger partial charge is 0.0349 e.